The SMILES string of the molecule is Cl.ClCc1cc(Oc2ccc(Cl)cc2)ccn1. The van der Waals surface area contributed by atoms with Crippen molar-refractivity contribution in [2.24, 2.45) is 0 Å². The molecular formula is C12H10Cl3NO. The minimum Gasteiger partial charge on any atom is -0.457 e. The Labute approximate surface area is 116 Å². The van der Waals surface area contributed by atoms with Gasteiger partial charge in [-0.1, -0.05) is 11.6 Å². The van der Waals surface area contributed by atoms with E-state index >= 15 is 0 Å². The van der Waals surface area contributed by atoms with E-state index in [1.807, 2.05) is 18.2 Å². The molecule has 0 aliphatic rings. The van der Waals surface area contributed by atoms with Crippen LogP contribution in [-0.4, -0.2) is 4.98 Å². The van der Waals surface area contributed by atoms with Crippen molar-refractivity contribution >= 4 is 35.6 Å². The maximum atomic E-state index is 5.78. The van der Waals surface area contributed by atoms with Crippen LogP contribution in [0, 0.1) is 0 Å². The molecule has 5 heteroatoms. The summed E-state index contributed by atoms with van der Waals surface area (Å²) in [6, 6.07) is 10.8. The normalized spacial score (nSPS) is 9.53. The molecule has 0 saturated carbocycles. The molecule has 0 aliphatic carbocycles. The third-order valence-corrected chi connectivity index (χ3v) is 2.50. The molecule has 2 rings (SSSR count). The second-order valence-corrected chi connectivity index (χ2v) is 3.88. The molecule has 1 heterocycles. The van der Waals surface area contributed by atoms with E-state index in [0.29, 0.717) is 16.7 Å². The van der Waals surface area contributed by atoms with Gasteiger partial charge in [0.15, 0.2) is 0 Å². The number of pyridine rings is 1. The number of rotatable bonds is 3. The van der Waals surface area contributed by atoms with E-state index in [1.165, 1.54) is 0 Å². The summed E-state index contributed by atoms with van der Waals surface area (Å²) in [6.45, 7) is 0. The van der Waals surface area contributed by atoms with Gasteiger partial charge in [0.25, 0.3) is 0 Å². The van der Waals surface area contributed by atoms with Crippen molar-refractivity contribution in [1.29, 1.82) is 0 Å². The first-order valence-corrected chi connectivity index (χ1v) is 5.63. The molecule has 0 amide bonds. The molecule has 0 saturated heterocycles. The van der Waals surface area contributed by atoms with Gasteiger partial charge >= 0.3 is 0 Å². The fourth-order valence-corrected chi connectivity index (χ4v) is 1.50. The lowest BCUT2D eigenvalue weighted by Gasteiger charge is -2.06. The molecule has 0 radical (unpaired) electrons. The van der Waals surface area contributed by atoms with Gasteiger partial charge in [0.2, 0.25) is 0 Å². The fourth-order valence-electron chi connectivity index (χ4n) is 1.23. The summed E-state index contributed by atoms with van der Waals surface area (Å²) in [4.78, 5) is 4.08. The van der Waals surface area contributed by atoms with Crippen LogP contribution in [-0.2, 0) is 5.88 Å². The van der Waals surface area contributed by atoms with E-state index in [9.17, 15) is 0 Å². The van der Waals surface area contributed by atoms with Crippen molar-refractivity contribution in [3.8, 4) is 11.5 Å². The lowest BCUT2D eigenvalue weighted by molar-refractivity contribution is 0.481. The molecule has 0 unspecified atom stereocenters. The molecule has 1 aromatic carbocycles. The highest BCUT2D eigenvalue weighted by molar-refractivity contribution is 6.30. The molecule has 2 aromatic rings. The Kier molecular flexibility index (Phi) is 5.56. The standard InChI is InChI=1S/C12H9Cl2NO.ClH/c13-8-10-7-12(5-6-15-10)16-11-3-1-9(14)2-4-11;/h1-7H,8H2;1H. The Balaban J connectivity index is 0.00000144. The second-order valence-electron chi connectivity index (χ2n) is 3.17. The number of aromatic nitrogens is 1. The van der Waals surface area contributed by atoms with Crippen molar-refractivity contribution in [3.63, 3.8) is 0 Å². The van der Waals surface area contributed by atoms with Crippen molar-refractivity contribution in [1.82, 2.24) is 4.98 Å². The monoisotopic (exact) mass is 289 g/mol. The number of hydrogen-bond donors (Lipinski definition) is 0. The molecule has 1 aromatic heterocycles. The molecule has 0 aliphatic heterocycles. The van der Waals surface area contributed by atoms with E-state index < -0.39 is 0 Å². The first kappa shape index (κ1) is 14.1. The highest BCUT2D eigenvalue weighted by Crippen LogP contribution is 2.23. The second kappa shape index (κ2) is 6.70. The summed E-state index contributed by atoms with van der Waals surface area (Å²) >= 11 is 11.5. The number of ether oxygens (including phenoxy) is 1. The van der Waals surface area contributed by atoms with Gasteiger partial charge in [-0.25, -0.2) is 0 Å². The van der Waals surface area contributed by atoms with Gasteiger partial charge in [-0.3, -0.25) is 4.98 Å². The summed E-state index contributed by atoms with van der Waals surface area (Å²) in [5.41, 5.74) is 0.785. The zero-order valence-electron chi connectivity index (χ0n) is 8.77. The first-order chi connectivity index (χ1) is 7.78. The van der Waals surface area contributed by atoms with E-state index in [4.69, 9.17) is 27.9 Å². The Morgan fingerprint density at radius 2 is 1.76 bits per heavy atom. The van der Waals surface area contributed by atoms with Gasteiger partial charge in [0, 0.05) is 17.3 Å². The largest absolute Gasteiger partial charge is 0.457 e. The Bertz CT molecular complexity index is 473. The summed E-state index contributed by atoms with van der Waals surface area (Å²) in [5, 5.41) is 0.684. The minimum absolute atomic E-state index is 0. The van der Waals surface area contributed by atoms with Gasteiger partial charge < -0.3 is 4.74 Å². The smallest absolute Gasteiger partial charge is 0.130 e. The molecule has 0 spiro atoms. The van der Waals surface area contributed by atoms with Gasteiger partial charge in [-0.2, -0.15) is 0 Å². The van der Waals surface area contributed by atoms with Crippen molar-refractivity contribution < 1.29 is 4.74 Å². The van der Waals surface area contributed by atoms with E-state index in [-0.39, 0.29) is 12.4 Å². The average Bonchev–Trinajstić information content (AvgIpc) is 2.32. The van der Waals surface area contributed by atoms with Crippen LogP contribution in [0.5, 0.6) is 11.5 Å². The van der Waals surface area contributed by atoms with Crippen molar-refractivity contribution in [2.45, 2.75) is 5.88 Å². The lowest BCUT2D eigenvalue weighted by Crippen LogP contribution is -1.88. The quantitative estimate of drug-likeness (QED) is 0.765. The van der Waals surface area contributed by atoms with Gasteiger partial charge in [-0.05, 0) is 30.3 Å². The van der Waals surface area contributed by atoms with Crippen LogP contribution in [0.1, 0.15) is 5.69 Å². The van der Waals surface area contributed by atoms with Gasteiger partial charge in [0.1, 0.15) is 11.5 Å². The zero-order chi connectivity index (χ0) is 11.4. The van der Waals surface area contributed by atoms with Crippen LogP contribution in [0.25, 0.3) is 0 Å². The summed E-state index contributed by atoms with van der Waals surface area (Å²) in [5.74, 6) is 1.82. The van der Waals surface area contributed by atoms with Crippen LogP contribution >= 0.6 is 35.6 Å². The third-order valence-electron chi connectivity index (χ3n) is 1.97. The Morgan fingerprint density at radius 3 is 2.41 bits per heavy atom. The van der Waals surface area contributed by atoms with Crippen LogP contribution in [0.4, 0.5) is 0 Å². The number of benzene rings is 1. The van der Waals surface area contributed by atoms with Crippen LogP contribution in [0.15, 0.2) is 42.6 Å². The maximum absolute atomic E-state index is 5.78. The molecular weight excluding hydrogens is 280 g/mol. The molecule has 0 bridgehead atoms. The molecule has 90 valence electrons. The third kappa shape index (κ3) is 4.08. The number of nitrogens with zero attached hydrogens (tertiary/aromatic N) is 1. The van der Waals surface area contributed by atoms with Gasteiger partial charge in [-0.15, -0.1) is 24.0 Å². The zero-order valence-corrected chi connectivity index (χ0v) is 11.1. The predicted molar refractivity (Wildman–Crippen MR) is 72.6 cm³/mol. The minimum atomic E-state index is 0. The highest BCUT2D eigenvalue weighted by Gasteiger charge is 1.99. The van der Waals surface area contributed by atoms with Crippen LogP contribution in [0.2, 0.25) is 5.02 Å². The first-order valence-electron chi connectivity index (χ1n) is 4.72. The van der Waals surface area contributed by atoms with E-state index in [0.717, 1.165) is 11.4 Å². The van der Waals surface area contributed by atoms with E-state index in [1.54, 1.807) is 24.4 Å². The average molecular weight is 291 g/mol. The summed E-state index contributed by atoms with van der Waals surface area (Å²) in [7, 11) is 0. The molecule has 0 fully saturated rings. The van der Waals surface area contributed by atoms with Crippen molar-refractivity contribution in [2.75, 3.05) is 0 Å². The molecule has 17 heavy (non-hydrogen) atoms. The predicted octanol–water partition coefficient (Wildman–Crippen LogP) is 4.69. The fraction of sp³-hybridized carbons (Fsp3) is 0.0833. The molecule has 0 N–H and O–H groups in total. The number of alkyl halides is 1. The summed E-state index contributed by atoms with van der Waals surface area (Å²) < 4.78 is 5.62. The maximum Gasteiger partial charge on any atom is 0.130 e. The summed E-state index contributed by atoms with van der Waals surface area (Å²) in [6.07, 6.45) is 1.67. The van der Waals surface area contributed by atoms with E-state index in [2.05, 4.69) is 4.98 Å². The number of halogens is 3. The molecule has 0 atom stereocenters. The Hall–Kier alpha value is -0.960. The molecule has 2 nitrogen and oxygen atoms in total. The highest BCUT2D eigenvalue weighted by atomic mass is 35.5. The topological polar surface area (TPSA) is 22.1 Å². The van der Waals surface area contributed by atoms with Crippen LogP contribution in [0.3, 0.4) is 0 Å². The Morgan fingerprint density at radius 1 is 1.06 bits per heavy atom. The number of hydrogen-bond acceptors (Lipinski definition) is 2. The van der Waals surface area contributed by atoms with Crippen molar-refractivity contribution in [3.05, 3.63) is 53.3 Å². The van der Waals surface area contributed by atoms with Crippen LogP contribution < -0.4 is 4.74 Å². The lowest BCUT2D eigenvalue weighted by atomic mass is 10.3. The van der Waals surface area contributed by atoms with Gasteiger partial charge in [0.05, 0.1) is 11.6 Å².